The molecule has 1 aromatic heterocycles. The number of carbonyl (C=O) groups is 1. The predicted octanol–water partition coefficient (Wildman–Crippen LogP) is 2.62. The number of rotatable bonds is 3. The van der Waals surface area contributed by atoms with Crippen LogP contribution in [0.1, 0.15) is 57.2 Å². The number of aromatic nitrogens is 2. The van der Waals surface area contributed by atoms with Crippen LogP contribution in [0.2, 0.25) is 0 Å². The molecule has 5 heteroatoms. The van der Waals surface area contributed by atoms with Crippen LogP contribution in [-0.4, -0.2) is 52.9 Å². The van der Waals surface area contributed by atoms with Crippen LogP contribution < -0.4 is 4.90 Å². The number of likely N-dealkylation sites (N-methyl/N-ethyl adjacent to an activating group) is 1. The number of Topliss-reactive ketones (excluding diaryl/α,β-unsaturated/α-hetero) is 1. The quantitative estimate of drug-likeness (QED) is 0.854. The van der Waals surface area contributed by atoms with E-state index in [2.05, 4.69) is 27.9 Å². The summed E-state index contributed by atoms with van der Waals surface area (Å²) in [6.45, 7) is 4.00. The van der Waals surface area contributed by atoms with Crippen molar-refractivity contribution in [3.63, 3.8) is 0 Å². The molecule has 1 saturated carbocycles. The normalized spacial score (nSPS) is 33.7. The Hall–Kier alpha value is -1.49. The molecule has 2 saturated heterocycles. The summed E-state index contributed by atoms with van der Waals surface area (Å²) in [6, 6.07) is 3.29. The average Bonchev–Trinajstić information content (AvgIpc) is 2.87. The molecule has 1 aliphatic carbocycles. The third-order valence-electron chi connectivity index (χ3n) is 6.26. The lowest BCUT2D eigenvalue weighted by Crippen LogP contribution is -2.52. The zero-order chi connectivity index (χ0) is 16.7. The van der Waals surface area contributed by atoms with E-state index in [9.17, 15) is 4.79 Å². The van der Waals surface area contributed by atoms with Gasteiger partial charge in [0.05, 0.1) is 0 Å². The maximum atomic E-state index is 11.6. The Kier molecular flexibility index (Phi) is 4.29. The van der Waals surface area contributed by atoms with Gasteiger partial charge in [-0.15, -0.1) is 0 Å². The van der Waals surface area contributed by atoms with Crippen molar-refractivity contribution in [1.82, 2.24) is 14.9 Å². The molecule has 0 radical (unpaired) electrons. The zero-order valence-electron chi connectivity index (χ0n) is 14.8. The topological polar surface area (TPSA) is 49.3 Å². The number of anilines is 1. The zero-order valence-corrected chi connectivity index (χ0v) is 14.8. The van der Waals surface area contributed by atoms with Gasteiger partial charge in [-0.1, -0.05) is 0 Å². The summed E-state index contributed by atoms with van der Waals surface area (Å²) < 4.78 is 0. The van der Waals surface area contributed by atoms with Crippen molar-refractivity contribution in [1.29, 1.82) is 0 Å². The van der Waals surface area contributed by atoms with Crippen LogP contribution in [0.25, 0.3) is 0 Å². The Morgan fingerprint density at radius 2 is 1.75 bits per heavy atom. The molecule has 1 aromatic rings. The Morgan fingerprint density at radius 3 is 2.38 bits per heavy atom. The minimum absolute atomic E-state index is 0.262. The second-order valence-electron chi connectivity index (χ2n) is 7.95. The molecule has 3 heterocycles. The smallest absolute Gasteiger partial charge is 0.133 e. The number of nitrogens with zero attached hydrogens (tertiary/aromatic N) is 4. The van der Waals surface area contributed by atoms with Gasteiger partial charge in [0.1, 0.15) is 17.4 Å². The van der Waals surface area contributed by atoms with Crippen LogP contribution in [0, 0.1) is 5.92 Å². The predicted molar refractivity (Wildman–Crippen MR) is 94.2 cm³/mol. The van der Waals surface area contributed by atoms with E-state index in [1.165, 1.54) is 12.8 Å². The Labute approximate surface area is 144 Å². The third kappa shape index (κ3) is 2.94. The van der Waals surface area contributed by atoms with E-state index in [0.29, 0.717) is 23.8 Å². The molecule has 24 heavy (non-hydrogen) atoms. The Balaban J connectivity index is 1.50. The standard InChI is InChI=1S/C19H28N4O/c1-13(24)14-3-5-15(6-4-14)19-20-10-9-18(21-19)23-16-7-8-17(23)12-22(2)11-16/h9-10,14-17H,3-8,11-12H2,1-2H3/t14-,15-,16?,17?. The largest absolute Gasteiger partial charge is 0.348 e. The first-order chi connectivity index (χ1) is 11.6. The van der Waals surface area contributed by atoms with Crippen LogP contribution in [0.4, 0.5) is 5.82 Å². The average molecular weight is 328 g/mol. The highest BCUT2D eigenvalue weighted by atomic mass is 16.1. The van der Waals surface area contributed by atoms with Crippen molar-refractivity contribution in [3.05, 3.63) is 18.1 Å². The SMILES string of the molecule is CC(=O)[C@H]1CC[C@H](c2nccc(N3C4CCC3CN(C)C4)n2)CC1. The van der Waals surface area contributed by atoms with Gasteiger partial charge in [-0.25, -0.2) is 9.97 Å². The van der Waals surface area contributed by atoms with Gasteiger partial charge in [-0.2, -0.15) is 0 Å². The molecule has 2 bridgehead atoms. The van der Waals surface area contributed by atoms with E-state index in [0.717, 1.165) is 50.4 Å². The number of hydrogen-bond donors (Lipinski definition) is 0. The molecule has 5 nitrogen and oxygen atoms in total. The third-order valence-corrected chi connectivity index (χ3v) is 6.26. The molecule has 0 spiro atoms. The summed E-state index contributed by atoms with van der Waals surface area (Å²) in [6.07, 6.45) is 8.57. The van der Waals surface area contributed by atoms with E-state index >= 15 is 0 Å². The Bertz CT molecular complexity index is 597. The fourth-order valence-corrected chi connectivity index (χ4v) is 4.95. The fourth-order valence-electron chi connectivity index (χ4n) is 4.95. The molecule has 2 atom stereocenters. The van der Waals surface area contributed by atoms with E-state index in [1.807, 2.05) is 6.20 Å². The molecule has 130 valence electrons. The number of piperazine rings is 1. The molecule has 3 aliphatic rings. The van der Waals surface area contributed by atoms with Crippen molar-refractivity contribution in [2.24, 2.45) is 5.92 Å². The molecule has 4 rings (SSSR count). The van der Waals surface area contributed by atoms with Gasteiger partial charge in [0.2, 0.25) is 0 Å². The first-order valence-corrected chi connectivity index (χ1v) is 9.42. The first kappa shape index (κ1) is 16.0. The highest BCUT2D eigenvalue weighted by Crippen LogP contribution is 2.37. The summed E-state index contributed by atoms with van der Waals surface area (Å²) in [4.78, 5) is 26.1. The fraction of sp³-hybridized carbons (Fsp3) is 0.737. The highest BCUT2D eigenvalue weighted by Gasteiger charge is 2.39. The lowest BCUT2D eigenvalue weighted by Gasteiger charge is -2.40. The molecule has 2 aliphatic heterocycles. The Morgan fingerprint density at radius 1 is 1.08 bits per heavy atom. The summed E-state index contributed by atoms with van der Waals surface area (Å²) in [5.74, 6) is 3.14. The number of carbonyl (C=O) groups excluding carboxylic acids is 1. The summed E-state index contributed by atoms with van der Waals surface area (Å²) in [5.41, 5.74) is 0. The van der Waals surface area contributed by atoms with Gasteiger partial charge >= 0.3 is 0 Å². The molecular formula is C19H28N4O. The summed E-state index contributed by atoms with van der Waals surface area (Å²) >= 11 is 0. The number of hydrogen-bond acceptors (Lipinski definition) is 5. The number of fused-ring (bicyclic) bond motifs is 2. The lowest BCUT2D eigenvalue weighted by atomic mass is 9.80. The second-order valence-corrected chi connectivity index (χ2v) is 7.95. The maximum Gasteiger partial charge on any atom is 0.133 e. The number of likely N-dealkylation sites (tertiary alicyclic amines) is 1. The second kappa shape index (κ2) is 6.43. The van der Waals surface area contributed by atoms with Gasteiger partial charge < -0.3 is 9.80 Å². The van der Waals surface area contributed by atoms with Crippen molar-refractivity contribution in [3.8, 4) is 0 Å². The maximum absolute atomic E-state index is 11.6. The van der Waals surface area contributed by atoms with Crippen molar-refractivity contribution in [2.45, 2.75) is 63.5 Å². The molecule has 2 unspecified atom stereocenters. The van der Waals surface area contributed by atoms with Crippen molar-refractivity contribution in [2.75, 3.05) is 25.0 Å². The lowest BCUT2D eigenvalue weighted by molar-refractivity contribution is -0.121. The molecular weight excluding hydrogens is 300 g/mol. The van der Waals surface area contributed by atoms with Gasteiger partial charge in [-0.3, -0.25) is 4.79 Å². The summed E-state index contributed by atoms with van der Waals surface area (Å²) in [7, 11) is 2.22. The van der Waals surface area contributed by atoms with E-state index in [1.54, 1.807) is 6.92 Å². The minimum atomic E-state index is 0.262. The van der Waals surface area contributed by atoms with Gasteiger partial charge in [0.25, 0.3) is 0 Å². The van der Waals surface area contributed by atoms with Crippen LogP contribution in [-0.2, 0) is 4.79 Å². The van der Waals surface area contributed by atoms with E-state index < -0.39 is 0 Å². The van der Waals surface area contributed by atoms with Crippen LogP contribution in [0.15, 0.2) is 12.3 Å². The summed E-state index contributed by atoms with van der Waals surface area (Å²) in [5, 5.41) is 0. The van der Waals surface area contributed by atoms with Gasteiger partial charge in [0.15, 0.2) is 0 Å². The van der Waals surface area contributed by atoms with Crippen LogP contribution in [0.3, 0.4) is 0 Å². The molecule has 0 amide bonds. The first-order valence-electron chi connectivity index (χ1n) is 9.42. The van der Waals surface area contributed by atoms with Gasteiger partial charge in [-0.05, 0) is 58.6 Å². The van der Waals surface area contributed by atoms with E-state index in [-0.39, 0.29) is 5.92 Å². The molecule has 3 fully saturated rings. The molecule has 0 N–H and O–H groups in total. The number of ketones is 1. The van der Waals surface area contributed by atoms with E-state index in [4.69, 9.17) is 4.98 Å². The van der Waals surface area contributed by atoms with Crippen LogP contribution >= 0.6 is 0 Å². The highest BCUT2D eigenvalue weighted by molar-refractivity contribution is 5.78. The van der Waals surface area contributed by atoms with Crippen molar-refractivity contribution < 1.29 is 4.79 Å². The molecule has 0 aromatic carbocycles. The minimum Gasteiger partial charge on any atom is -0.348 e. The van der Waals surface area contributed by atoms with Crippen molar-refractivity contribution >= 4 is 11.6 Å². The monoisotopic (exact) mass is 328 g/mol. The van der Waals surface area contributed by atoms with Crippen LogP contribution in [0.5, 0.6) is 0 Å². The van der Waals surface area contributed by atoms with Gasteiger partial charge in [0, 0.05) is 43.2 Å².